The summed E-state index contributed by atoms with van der Waals surface area (Å²) in [6.45, 7) is 2.95. The Bertz CT molecular complexity index is 523. The number of fused-ring (bicyclic) bond motifs is 1. The first-order chi connectivity index (χ1) is 9.29. The van der Waals surface area contributed by atoms with E-state index in [9.17, 15) is 5.26 Å². The van der Waals surface area contributed by atoms with E-state index in [0.29, 0.717) is 29.7 Å². The number of nitrogens with zero attached hydrogens (tertiary/aromatic N) is 2. The van der Waals surface area contributed by atoms with Gasteiger partial charge in [-0.15, -0.1) is 0 Å². The summed E-state index contributed by atoms with van der Waals surface area (Å²) in [6, 6.07) is 5.59. The van der Waals surface area contributed by atoms with Gasteiger partial charge < -0.3 is 14.2 Å². The summed E-state index contributed by atoms with van der Waals surface area (Å²) in [6.07, 6.45) is 0. The van der Waals surface area contributed by atoms with Gasteiger partial charge in [-0.2, -0.15) is 5.26 Å². The molecule has 0 saturated carbocycles. The highest BCUT2D eigenvalue weighted by atomic mass is 35.5. The van der Waals surface area contributed by atoms with Crippen LogP contribution in [0.5, 0.6) is 11.5 Å². The maximum atomic E-state index is 9.42. The third-order valence-corrected chi connectivity index (χ3v) is 3.58. The lowest BCUT2D eigenvalue weighted by Crippen LogP contribution is -2.38. The minimum Gasteiger partial charge on any atom is -0.454 e. The van der Waals surface area contributed by atoms with Gasteiger partial charge in [0.25, 0.3) is 0 Å². The Morgan fingerprint density at radius 1 is 1.26 bits per heavy atom. The van der Waals surface area contributed by atoms with Crippen LogP contribution >= 0.6 is 11.6 Å². The van der Waals surface area contributed by atoms with Gasteiger partial charge in [-0.1, -0.05) is 11.6 Å². The minimum absolute atomic E-state index is 0.174. The summed E-state index contributed by atoms with van der Waals surface area (Å²) < 4.78 is 15.9. The zero-order valence-corrected chi connectivity index (χ0v) is 11.0. The lowest BCUT2D eigenvalue weighted by Gasteiger charge is -2.30. The van der Waals surface area contributed by atoms with E-state index in [-0.39, 0.29) is 12.8 Å². The van der Waals surface area contributed by atoms with Crippen LogP contribution in [0.1, 0.15) is 11.6 Å². The van der Waals surface area contributed by atoms with Gasteiger partial charge in [0.15, 0.2) is 11.5 Å². The highest BCUT2D eigenvalue weighted by molar-refractivity contribution is 6.32. The smallest absolute Gasteiger partial charge is 0.231 e. The van der Waals surface area contributed by atoms with Crippen molar-refractivity contribution in [2.45, 2.75) is 6.04 Å². The Balaban J connectivity index is 1.91. The predicted octanol–water partition coefficient (Wildman–Crippen LogP) is 1.97. The van der Waals surface area contributed by atoms with E-state index in [4.69, 9.17) is 25.8 Å². The van der Waals surface area contributed by atoms with Crippen molar-refractivity contribution >= 4 is 11.6 Å². The molecular weight excluding hydrogens is 268 g/mol. The second-order valence-corrected chi connectivity index (χ2v) is 4.82. The summed E-state index contributed by atoms with van der Waals surface area (Å²) in [4.78, 5) is 2.08. The molecule has 1 atom stereocenters. The molecule has 2 aliphatic heterocycles. The van der Waals surface area contributed by atoms with Crippen molar-refractivity contribution in [1.82, 2.24) is 4.90 Å². The third-order valence-electron chi connectivity index (χ3n) is 3.30. The molecule has 1 unspecified atom stereocenters. The van der Waals surface area contributed by atoms with E-state index in [2.05, 4.69) is 11.0 Å². The molecule has 0 aromatic heterocycles. The molecule has 0 bridgehead atoms. The quantitative estimate of drug-likeness (QED) is 0.829. The predicted molar refractivity (Wildman–Crippen MR) is 68.3 cm³/mol. The van der Waals surface area contributed by atoms with Crippen LogP contribution in [0.4, 0.5) is 0 Å². The largest absolute Gasteiger partial charge is 0.454 e. The first-order valence-corrected chi connectivity index (χ1v) is 6.48. The molecule has 3 rings (SSSR count). The van der Waals surface area contributed by atoms with E-state index in [0.717, 1.165) is 18.7 Å². The Morgan fingerprint density at radius 2 is 2.05 bits per heavy atom. The average molecular weight is 281 g/mol. The second-order valence-electron chi connectivity index (χ2n) is 4.42. The molecule has 5 nitrogen and oxygen atoms in total. The summed E-state index contributed by atoms with van der Waals surface area (Å²) in [7, 11) is 0. The summed E-state index contributed by atoms with van der Waals surface area (Å²) in [5, 5.41) is 9.91. The van der Waals surface area contributed by atoms with Crippen molar-refractivity contribution in [3.05, 3.63) is 22.7 Å². The van der Waals surface area contributed by atoms with E-state index >= 15 is 0 Å². The fourth-order valence-corrected chi connectivity index (χ4v) is 2.62. The molecule has 1 saturated heterocycles. The lowest BCUT2D eigenvalue weighted by molar-refractivity contribution is 0.0266. The van der Waals surface area contributed by atoms with Crippen molar-refractivity contribution in [3.63, 3.8) is 0 Å². The van der Waals surface area contributed by atoms with Crippen LogP contribution in [0, 0.1) is 11.3 Å². The number of hydrogen-bond acceptors (Lipinski definition) is 5. The van der Waals surface area contributed by atoms with E-state index in [1.54, 1.807) is 6.07 Å². The number of morpholine rings is 1. The highest BCUT2D eigenvalue weighted by Gasteiger charge is 2.26. The lowest BCUT2D eigenvalue weighted by atomic mass is 10.1. The molecule has 19 heavy (non-hydrogen) atoms. The first-order valence-electron chi connectivity index (χ1n) is 6.10. The van der Waals surface area contributed by atoms with Crippen LogP contribution in [0.25, 0.3) is 0 Å². The molecule has 0 aliphatic carbocycles. The standard InChI is InChI=1S/C13H13ClN2O3/c14-10-5-9(6-12-13(10)19-8-18-12)11(7-15)16-1-3-17-4-2-16/h5-6,11H,1-4,8H2. The first kappa shape index (κ1) is 12.5. The number of nitriles is 1. The zero-order chi connectivity index (χ0) is 13.2. The molecule has 1 aromatic rings. The Morgan fingerprint density at radius 3 is 2.79 bits per heavy atom. The molecule has 0 spiro atoms. The number of rotatable bonds is 2. The van der Waals surface area contributed by atoms with Gasteiger partial charge in [0.2, 0.25) is 6.79 Å². The van der Waals surface area contributed by atoms with E-state index in [1.165, 1.54) is 0 Å². The van der Waals surface area contributed by atoms with Crippen LogP contribution < -0.4 is 9.47 Å². The fourth-order valence-electron chi connectivity index (χ4n) is 2.35. The SMILES string of the molecule is N#CC(c1cc(Cl)c2c(c1)OCO2)N1CCOCC1. The molecule has 0 radical (unpaired) electrons. The molecule has 2 heterocycles. The summed E-state index contributed by atoms with van der Waals surface area (Å²) >= 11 is 6.16. The van der Waals surface area contributed by atoms with Crippen LogP contribution in [-0.4, -0.2) is 38.0 Å². The van der Waals surface area contributed by atoms with Gasteiger partial charge in [0.05, 0.1) is 24.3 Å². The normalized spacial score (nSPS) is 20.0. The van der Waals surface area contributed by atoms with Gasteiger partial charge in [0.1, 0.15) is 6.04 Å². The van der Waals surface area contributed by atoms with Crippen molar-refractivity contribution in [3.8, 4) is 17.6 Å². The topological polar surface area (TPSA) is 54.7 Å². The second kappa shape index (κ2) is 5.25. The fraction of sp³-hybridized carbons (Fsp3) is 0.462. The summed E-state index contributed by atoms with van der Waals surface area (Å²) in [5.74, 6) is 1.17. The van der Waals surface area contributed by atoms with Gasteiger partial charge >= 0.3 is 0 Å². The Hall–Kier alpha value is -1.48. The Labute approximate surface area is 116 Å². The van der Waals surface area contributed by atoms with Crippen LogP contribution in [-0.2, 0) is 4.74 Å². The average Bonchev–Trinajstić information content (AvgIpc) is 2.90. The third kappa shape index (κ3) is 2.35. The number of hydrogen-bond donors (Lipinski definition) is 0. The molecular formula is C13H13ClN2O3. The minimum atomic E-state index is -0.337. The molecule has 2 aliphatic rings. The molecule has 0 amide bonds. The zero-order valence-electron chi connectivity index (χ0n) is 10.3. The van der Waals surface area contributed by atoms with E-state index in [1.807, 2.05) is 6.07 Å². The molecule has 100 valence electrons. The van der Waals surface area contributed by atoms with Crippen molar-refractivity contribution < 1.29 is 14.2 Å². The van der Waals surface area contributed by atoms with Gasteiger partial charge in [0, 0.05) is 13.1 Å². The maximum absolute atomic E-state index is 9.42. The molecule has 1 fully saturated rings. The van der Waals surface area contributed by atoms with Crippen molar-refractivity contribution in [2.24, 2.45) is 0 Å². The van der Waals surface area contributed by atoms with Crippen LogP contribution in [0.3, 0.4) is 0 Å². The van der Waals surface area contributed by atoms with E-state index < -0.39 is 0 Å². The molecule has 1 aromatic carbocycles. The van der Waals surface area contributed by atoms with Gasteiger partial charge in [-0.05, 0) is 17.7 Å². The van der Waals surface area contributed by atoms with Gasteiger partial charge in [-0.25, -0.2) is 0 Å². The molecule has 6 heteroatoms. The number of halogens is 1. The number of ether oxygens (including phenoxy) is 3. The highest BCUT2D eigenvalue weighted by Crippen LogP contribution is 2.41. The number of benzene rings is 1. The Kier molecular flexibility index (Phi) is 3.47. The monoisotopic (exact) mass is 280 g/mol. The molecule has 0 N–H and O–H groups in total. The van der Waals surface area contributed by atoms with Crippen molar-refractivity contribution in [2.75, 3.05) is 33.1 Å². The van der Waals surface area contributed by atoms with Gasteiger partial charge in [-0.3, -0.25) is 4.90 Å². The van der Waals surface area contributed by atoms with Crippen LogP contribution in [0.15, 0.2) is 12.1 Å². The van der Waals surface area contributed by atoms with Crippen LogP contribution in [0.2, 0.25) is 5.02 Å². The van der Waals surface area contributed by atoms with Crippen molar-refractivity contribution in [1.29, 1.82) is 5.26 Å². The maximum Gasteiger partial charge on any atom is 0.231 e. The summed E-state index contributed by atoms with van der Waals surface area (Å²) in [5.41, 5.74) is 0.832.